The van der Waals surface area contributed by atoms with E-state index in [-0.39, 0.29) is 5.91 Å². The second kappa shape index (κ2) is 7.02. The molecule has 0 saturated carbocycles. The Hall–Kier alpha value is -1.92. The third-order valence-electron chi connectivity index (χ3n) is 2.92. The van der Waals surface area contributed by atoms with Gasteiger partial charge in [0.05, 0.1) is 24.9 Å². The van der Waals surface area contributed by atoms with Crippen molar-refractivity contribution in [1.82, 2.24) is 20.4 Å². The van der Waals surface area contributed by atoms with Crippen LogP contribution in [0.2, 0.25) is 0 Å². The molecule has 0 aliphatic rings. The van der Waals surface area contributed by atoms with Gasteiger partial charge in [-0.15, -0.1) is 0 Å². The molecule has 0 atom stereocenters. The van der Waals surface area contributed by atoms with Crippen LogP contribution < -0.4 is 5.32 Å². The molecule has 1 aromatic carbocycles. The summed E-state index contributed by atoms with van der Waals surface area (Å²) >= 11 is 0. The first-order valence-electron chi connectivity index (χ1n) is 6.60. The Balaban J connectivity index is 1.74. The van der Waals surface area contributed by atoms with E-state index >= 15 is 0 Å². The van der Waals surface area contributed by atoms with Gasteiger partial charge in [0.1, 0.15) is 0 Å². The SMILES string of the molecule is CN(C)CCOCCNC(=O)c1ccc2cn[nH]c2c1. The lowest BCUT2D eigenvalue weighted by Crippen LogP contribution is -2.28. The van der Waals surface area contributed by atoms with Crippen molar-refractivity contribution < 1.29 is 9.53 Å². The summed E-state index contributed by atoms with van der Waals surface area (Å²) in [7, 11) is 3.99. The Labute approximate surface area is 118 Å². The highest BCUT2D eigenvalue weighted by atomic mass is 16.5. The van der Waals surface area contributed by atoms with E-state index in [0.717, 1.165) is 17.4 Å². The lowest BCUT2D eigenvalue weighted by Gasteiger charge is -2.10. The summed E-state index contributed by atoms with van der Waals surface area (Å²) in [5, 5.41) is 10.6. The van der Waals surface area contributed by atoms with E-state index < -0.39 is 0 Å². The monoisotopic (exact) mass is 276 g/mol. The zero-order chi connectivity index (χ0) is 14.4. The van der Waals surface area contributed by atoms with Gasteiger partial charge >= 0.3 is 0 Å². The number of nitrogens with zero attached hydrogens (tertiary/aromatic N) is 2. The van der Waals surface area contributed by atoms with Gasteiger partial charge in [0.2, 0.25) is 0 Å². The topological polar surface area (TPSA) is 70.2 Å². The summed E-state index contributed by atoms with van der Waals surface area (Å²) in [5.41, 5.74) is 1.48. The molecule has 108 valence electrons. The number of likely N-dealkylation sites (N-methyl/N-ethyl adjacent to an activating group) is 1. The molecule has 0 radical (unpaired) electrons. The summed E-state index contributed by atoms with van der Waals surface area (Å²) in [6, 6.07) is 5.46. The van der Waals surface area contributed by atoms with Crippen LogP contribution in [0.25, 0.3) is 10.9 Å². The van der Waals surface area contributed by atoms with Crippen molar-refractivity contribution in [3.05, 3.63) is 30.0 Å². The molecule has 0 bridgehead atoms. The van der Waals surface area contributed by atoms with E-state index in [2.05, 4.69) is 20.4 Å². The Morgan fingerprint density at radius 3 is 3.05 bits per heavy atom. The van der Waals surface area contributed by atoms with Crippen molar-refractivity contribution in [3.63, 3.8) is 0 Å². The van der Waals surface area contributed by atoms with E-state index in [1.54, 1.807) is 18.3 Å². The second-order valence-corrected chi connectivity index (χ2v) is 4.84. The van der Waals surface area contributed by atoms with Crippen LogP contribution in [-0.2, 0) is 4.74 Å². The minimum Gasteiger partial charge on any atom is -0.378 e. The minimum absolute atomic E-state index is 0.0993. The van der Waals surface area contributed by atoms with Crippen molar-refractivity contribution in [2.75, 3.05) is 40.4 Å². The second-order valence-electron chi connectivity index (χ2n) is 4.84. The fourth-order valence-electron chi connectivity index (χ4n) is 1.77. The Morgan fingerprint density at radius 1 is 1.40 bits per heavy atom. The first kappa shape index (κ1) is 14.5. The van der Waals surface area contributed by atoms with Gasteiger partial charge in [0.15, 0.2) is 0 Å². The molecule has 6 heteroatoms. The maximum atomic E-state index is 11.9. The van der Waals surface area contributed by atoms with Crippen molar-refractivity contribution >= 4 is 16.8 Å². The van der Waals surface area contributed by atoms with Gasteiger partial charge in [0.25, 0.3) is 5.91 Å². The van der Waals surface area contributed by atoms with Crippen LogP contribution in [0.1, 0.15) is 10.4 Å². The quantitative estimate of drug-likeness (QED) is 0.736. The van der Waals surface area contributed by atoms with Crippen molar-refractivity contribution in [2.45, 2.75) is 0 Å². The highest BCUT2D eigenvalue weighted by Crippen LogP contribution is 2.12. The molecule has 1 aromatic heterocycles. The number of aromatic amines is 1. The number of aromatic nitrogens is 2. The van der Waals surface area contributed by atoms with E-state index in [4.69, 9.17) is 4.74 Å². The molecule has 2 N–H and O–H groups in total. The average molecular weight is 276 g/mol. The molecule has 0 fully saturated rings. The van der Waals surface area contributed by atoms with Gasteiger partial charge < -0.3 is 15.0 Å². The molecule has 0 aliphatic heterocycles. The van der Waals surface area contributed by atoms with E-state index in [9.17, 15) is 4.79 Å². The third-order valence-corrected chi connectivity index (χ3v) is 2.92. The number of amides is 1. The molecule has 0 spiro atoms. The summed E-state index contributed by atoms with van der Waals surface area (Å²) in [4.78, 5) is 14.0. The average Bonchev–Trinajstić information content (AvgIpc) is 2.89. The summed E-state index contributed by atoms with van der Waals surface area (Å²) in [6.45, 7) is 2.58. The Bertz CT molecular complexity index is 565. The van der Waals surface area contributed by atoms with Gasteiger partial charge in [-0.05, 0) is 26.2 Å². The summed E-state index contributed by atoms with van der Waals surface area (Å²) < 4.78 is 5.42. The largest absolute Gasteiger partial charge is 0.378 e. The molecule has 0 unspecified atom stereocenters. The molecule has 2 aromatic rings. The predicted octanol–water partition coefficient (Wildman–Crippen LogP) is 0.871. The zero-order valence-electron chi connectivity index (χ0n) is 11.8. The molecule has 0 saturated heterocycles. The number of carbonyl (C=O) groups is 1. The van der Waals surface area contributed by atoms with Gasteiger partial charge in [-0.2, -0.15) is 5.10 Å². The van der Waals surface area contributed by atoms with Crippen LogP contribution in [0.5, 0.6) is 0 Å². The lowest BCUT2D eigenvalue weighted by molar-refractivity contribution is 0.0900. The Kier molecular flexibility index (Phi) is 5.09. The number of carbonyl (C=O) groups excluding carboxylic acids is 1. The van der Waals surface area contributed by atoms with Crippen LogP contribution >= 0.6 is 0 Å². The molecular formula is C14H20N4O2. The van der Waals surface area contributed by atoms with E-state index in [0.29, 0.717) is 25.3 Å². The van der Waals surface area contributed by atoms with Crippen LogP contribution in [0, 0.1) is 0 Å². The molecular weight excluding hydrogens is 256 g/mol. The number of ether oxygens (including phenoxy) is 1. The van der Waals surface area contributed by atoms with Gasteiger partial charge in [-0.1, -0.05) is 6.07 Å². The number of H-pyrrole nitrogens is 1. The van der Waals surface area contributed by atoms with E-state index in [1.807, 2.05) is 20.2 Å². The standard InChI is InChI=1S/C14H20N4O2/c1-18(2)6-8-20-7-5-15-14(19)11-3-4-12-10-16-17-13(12)9-11/h3-4,9-10H,5-8H2,1-2H3,(H,15,19)(H,16,17). The fourth-order valence-corrected chi connectivity index (χ4v) is 1.77. The smallest absolute Gasteiger partial charge is 0.251 e. The predicted molar refractivity (Wildman–Crippen MR) is 77.8 cm³/mol. The first-order chi connectivity index (χ1) is 9.66. The van der Waals surface area contributed by atoms with Gasteiger partial charge in [-0.3, -0.25) is 9.89 Å². The van der Waals surface area contributed by atoms with Crippen molar-refractivity contribution in [1.29, 1.82) is 0 Å². The molecule has 6 nitrogen and oxygen atoms in total. The highest BCUT2D eigenvalue weighted by Gasteiger charge is 2.06. The summed E-state index contributed by atoms with van der Waals surface area (Å²) in [6.07, 6.45) is 1.73. The van der Waals surface area contributed by atoms with Crippen molar-refractivity contribution in [3.8, 4) is 0 Å². The third kappa shape index (κ3) is 4.04. The Morgan fingerprint density at radius 2 is 2.25 bits per heavy atom. The number of hydrogen-bond donors (Lipinski definition) is 2. The number of benzene rings is 1. The number of rotatable bonds is 7. The normalized spacial score (nSPS) is 11.2. The van der Waals surface area contributed by atoms with Crippen LogP contribution in [-0.4, -0.2) is 61.4 Å². The zero-order valence-corrected chi connectivity index (χ0v) is 11.8. The van der Waals surface area contributed by atoms with Crippen LogP contribution in [0.15, 0.2) is 24.4 Å². The number of nitrogens with one attached hydrogen (secondary N) is 2. The molecule has 20 heavy (non-hydrogen) atoms. The van der Waals surface area contributed by atoms with E-state index in [1.165, 1.54) is 0 Å². The van der Waals surface area contributed by atoms with Crippen LogP contribution in [0.3, 0.4) is 0 Å². The lowest BCUT2D eigenvalue weighted by atomic mass is 10.1. The number of hydrogen-bond acceptors (Lipinski definition) is 4. The minimum atomic E-state index is -0.0993. The number of fused-ring (bicyclic) bond motifs is 1. The molecule has 2 rings (SSSR count). The maximum Gasteiger partial charge on any atom is 0.251 e. The highest BCUT2D eigenvalue weighted by molar-refractivity contribution is 5.97. The van der Waals surface area contributed by atoms with Gasteiger partial charge in [-0.25, -0.2) is 0 Å². The van der Waals surface area contributed by atoms with Crippen LogP contribution in [0.4, 0.5) is 0 Å². The first-order valence-corrected chi connectivity index (χ1v) is 6.60. The molecule has 1 heterocycles. The molecule has 1 amide bonds. The molecule has 0 aliphatic carbocycles. The maximum absolute atomic E-state index is 11.9. The fraction of sp³-hybridized carbons (Fsp3) is 0.429. The van der Waals surface area contributed by atoms with Crippen molar-refractivity contribution in [2.24, 2.45) is 0 Å². The van der Waals surface area contributed by atoms with Gasteiger partial charge in [0, 0.05) is 24.0 Å². The summed E-state index contributed by atoms with van der Waals surface area (Å²) in [5.74, 6) is -0.0993.